The van der Waals surface area contributed by atoms with Gasteiger partial charge in [-0.25, -0.2) is 0 Å². The van der Waals surface area contributed by atoms with Crippen molar-refractivity contribution in [2.24, 2.45) is 0 Å². The molecule has 2 aromatic rings. The third kappa shape index (κ3) is 2.97. The van der Waals surface area contributed by atoms with Crippen molar-refractivity contribution in [1.29, 1.82) is 0 Å². The smallest absolute Gasteiger partial charge is 0.255 e. The van der Waals surface area contributed by atoms with E-state index in [1.165, 1.54) is 0 Å². The van der Waals surface area contributed by atoms with E-state index < -0.39 is 5.54 Å². The van der Waals surface area contributed by atoms with E-state index in [9.17, 15) is 9.59 Å². The molecule has 1 aliphatic carbocycles. The molecule has 1 heterocycles. The van der Waals surface area contributed by atoms with Crippen LogP contribution in [0.5, 0.6) is 5.75 Å². The third-order valence-electron chi connectivity index (χ3n) is 5.80. The highest BCUT2D eigenvalue weighted by molar-refractivity contribution is 6.09. The topological polar surface area (TPSA) is 58.6 Å². The number of nitrogens with zero attached hydrogens (tertiary/aromatic N) is 1. The molecule has 4 rings (SSSR count). The summed E-state index contributed by atoms with van der Waals surface area (Å²) in [6, 6.07) is 13.4. The molecule has 0 atom stereocenters. The normalized spacial score (nSPS) is 17.7. The van der Waals surface area contributed by atoms with Crippen LogP contribution in [0.4, 0.5) is 0 Å². The summed E-state index contributed by atoms with van der Waals surface area (Å²) in [6.45, 7) is 0.552. The largest absolute Gasteiger partial charge is 0.497 e. The second-order valence-corrected chi connectivity index (χ2v) is 7.48. The van der Waals surface area contributed by atoms with Crippen LogP contribution in [0.2, 0.25) is 0 Å². The maximum atomic E-state index is 13.2. The van der Waals surface area contributed by atoms with Gasteiger partial charge in [-0.15, -0.1) is 0 Å². The van der Waals surface area contributed by atoms with Crippen LogP contribution in [-0.4, -0.2) is 30.9 Å². The molecule has 0 bridgehead atoms. The van der Waals surface area contributed by atoms with Crippen molar-refractivity contribution in [1.82, 2.24) is 10.2 Å². The Morgan fingerprint density at radius 2 is 1.89 bits per heavy atom. The van der Waals surface area contributed by atoms with Crippen molar-refractivity contribution < 1.29 is 14.3 Å². The fraction of sp³-hybridized carbons (Fsp3) is 0.364. The highest BCUT2D eigenvalue weighted by atomic mass is 16.5. The maximum Gasteiger partial charge on any atom is 0.255 e. The number of benzene rings is 2. The summed E-state index contributed by atoms with van der Waals surface area (Å²) < 4.78 is 5.37. The molecule has 1 fully saturated rings. The monoisotopic (exact) mass is 364 g/mol. The molecule has 0 saturated heterocycles. The summed E-state index contributed by atoms with van der Waals surface area (Å²) >= 11 is 0. The van der Waals surface area contributed by atoms with Gasteiger partial charge in [-0.1, -0.05) is 37.1 Å². The lowest BCUT2D eigenvalue weighted by Gasteiger charge is -2.31. The number of methoxy groups -OCH3 is 1. The molecule has 0 unspecified atom stereocenters. The van der Waals surface area contributed by atoms with Crippen LogP contribution in [0.15, 0.2) is 42.5 Å². The Morgan fingerprint density at radius 3 is 2.63 bits per heavy atom. The van der Waals surface area contributed by atoms with E-state index in [4.69, 9.17) is 4.74 Å². The zero-order valence-corrected chi connectivity index (χ0v) is 15.7. The number of fused-ring (bicyclic) bond motifs is 1. The van der Waals surface area contributed by atoms with E-state index in [0.717, 1.165) is 42.6 Å². The van der Waals surface area contributed by atoms with E-state index in [2.05, 4.69) is 5.32 Å². The maximum absolute atomic E-state index is 13.2. The average Bonchev–Trinajstić information content (AvgIpc) is 3.27. The van der Waals surface area contributed by atoms with Crippen molar-refractivity contribution in [3.8, 4) is 5.75 Å². The van der Waals surface area contributed by atoms with E-state index in [1.54, 1.807) is 25.1 Å². The summed E-state index contributed by atoms with van der Waals surface area (Å²) in [5.74, 6) is 0.517. The minimum Gasteiger partial charge on any atom is -0.497 e. The number of nitrogens with one attached hydrogen (secondary N) is 1. The van der Waals surface area contributed by atoms with Gasteiger partial charge in [-0.2, -0.15) is 0 Å². The number of rotatable bonds is 4. The standard InChI is InChI=1S/C22H24N2O3/c1-24-14-15-7-5-10-18(19(15)21(24)26)20(25)23-22(11-3-4-12-22)16-8-6-9-17(13-16)27-2/h5-10,13H,3-4,11-12,14H2,1-2H3,(H,23,25). The molecule has 5 nitrogen and oxygen atoms in total. The molecular weight excluding hydrogens is 340 g/mol. The quantitative estimate of drug-likeness (QED) is 0.904. The SMILES string of the molecule is COc1cccc(C2(NC(=O)c3cccc4c3C(=O)N(C)C4)CCCC2)c1. The molecule has 27 heavy (non-hydrogen) atoms. The Morgan fingerprint density at radius 1 is 1.15 bits per heavy atom. The molecular formula is C22H24N2O3. The van der Waals surface area contributed by atoms with Crippen LogP contribution in [0, 0.1) is 0 Å². The Kier molecular flexibility index (Phi) is 4.38. The molecule has 140 valence electrons. The third-order valence-corrected chi connectivity index (χ3v) is 5.80. The Bertz CT molecular complexity index is 900. The molecule has 0 spiro atoms. The van der Waals surface area contributed by atoms with Crippen LogP contribution >= 0.6 is 0 Å². The predicted molar refractivity (Wildman–Crippen MR) is 103 cm³/mol. The van der Waals surface area contributed by atoms with Crippen molar-refractivity contribution >= 4 is 11.8 Å². The summed E-state index contributed by atoms with van der Waals surface area (Å²) in [6.07, 6.45) is 3.89. The zero-order chi connectivity index (χ0) is 19.0. The number of carbonyl (C=O) groups excluding carboxylic acids is 2. The van der Waals surface area contributed by atoms with Gasteiger partial charge in [0, 0.05) is 13.6 Å². The van der Waals surface area contributed by atoms with Crippen LogP contribution in [0.25, 0.3) is 0 Å². The lowest BCUT2D eigenvalue weighted by Crippen LogP contribution is -2.44. The fourth-order valence-electron chi connectivity index (χ4n) is 4.36. The van der Waals surface area contributed by atoms with Gasteiger partial charge < -0.3 is 15.0 Å². The van der Waals surface area contributed by atoms with Gasteiger partial charge in [0.15, 0.2) is 0 Å². The van der Waals surface area contributed by atoms with Gasteiger partial charge in [-0.05, 0) is 42.2 Å². The predicted octanol–water partition coefficient (Wildman–Crippen LogP) is 3.48. The number of hydrogen-bond donors (Lipinski definition) is 1. The average molecular weight is 364 g/mol. The van der Waals surface area contributed by atoms with E-state index in [1.807, 2.05) is 36.4 Å². The number of ether oxygens (including phenoxy) is 1. The van der Waals surface area contributed by atoms with E-state index in [0.29, 0.717) is 17.7 Å². The van der Waals surface area contributed by atoms with Gasteiger partial charge in [-0.3, -0.25) is 9.59 Å². The molecule has 0 radical (unpaired) electrons. The Labute approximate surface area is 159 Å². The lowest BCUT2D eigenvalue weighted by molar-refractivity contribution is 0.0805. The zero-order valence-electron chi connectivity index (χ0n) is 15.7. The van der Waals surface area contributed by atoms with Crippen molar-refractivity contribution in [3.05, 3.63) is 64.7 Å². The van der Waals surface area contributed by atoms with Gasteiger partial charge in [0.2, 0.25) is 0 Å². The summed E-state index contributed by atoms with van der Waals surface area (Å²) in [7, 11) is 3.41. The van der Waals surface area contributed by atoms with Gasteiger partial charge in [0.1, 0.15) is 5.75 Å². The molecule has 2 amide bonds. The van der Waals surface area contributed by atoms with E-state index >= 15 is 0 Å². The molecule has 1 N–H and O–H groups in total. The van der Waals surface area contributed by atoms with Gasteiger partial charge in [0.25, 0.3) is 11.8 Å². The fourth-order valence-corrected chi connectivity index (χ4v) is 4.36. The molecule has 2 aromatic carbocycles. The Balaban J connectivity index is 1.69. The van der Waals surface area contributed by atoms with Crippen molar-refractivity contribution in [2.45, 2.75) is 37.8 Å². The van der Waals surface area contributed by atoms with Crippen molar-refractivity contribution in [3.63, 3.8) is 0 Å². The summed E-state index contributed by atoms with van der Waals surface area (Å²) in [4.78, 5) is 27.4. The summed E-state index contributed by atoms with van der Waals surface area (Å²) in [5, 5.41) is 3.28. The number of carbonyl (C=O) groups is 2. The Hall–Kier alpha value is -2.82. The molecule has 2 aliphatic rings. The van der Waals surface area contributed by atoms with Crippen LogP contribution < -0.4 is 10.1 Å². The highest BCUT2D eigenvalue weighted by Crippen LogP contribution is 2.40. The molecule has 5 heteroatoms. The van der Waals surface area contributed by atoms with E-state index in [-0.39, 0.29) is 11.8 Å². The van der Waals surface area contributed by atoms with Crippen LogP contribution in [-0.2, 0) is 12.1 Å². The summed E-state index contributed by atoms with van der Waals surface area (Å²) in [5.41, 5.74) is 2.56. The minimum atomic E-state index is -0.415. The molecule has 1 saturated carbocycles. The first-order chi connectivity index (χ1) is 13.0. The second kappa shape index (κ2) is 6.72. The van der Waals surface area contributed by atoms with Crippen molar-refractivity contribution in [2.75, 3.05) is 14.2 Å². The number of hydrogen-bond acceptors (Lipinski definition) is 3. The second-order valence-electron chi connectivity index (χ2n) is 7.48. The van der Waals surface area contributed by atoms with Gasteiger partial charge >= 0.3 is 0 Å². The van der Waals surface area contributed by atoms with Crippen LogP contribution in [0.1, 0.15) is 57.5 Å². The first-order valence-electron chi connectivity index (χ1n) is 9.38. The molecule has 0 aromatic heterocycles. The number of amides is 2. The highest BCUT2D eigenvalue weighted by Gasteiger charge is 2.39. The minimum absolute atomic E-state index is 0.0856. The first-order valence-corrected chi connectivity index (χ1v) is 9.38. The van der Waals surface area contributed by atoms with Gasteiger partial charge in [0.05, 0.1) is 23.8 Å². The first kappa shape index (κ1) is 17.6. The molecule has 1 aliphatic heterocycles. The van der Waals surface area contributed by atoms with Crippen LogP contribution in [0.3, 0.4) is 0 Å². The lowest BCUT2D eigenvalue weighted by atomic mass is 9.87.